The molecule has 3 aromatic rings. The summed E-state index contributed by atoms with van der Waals surface area (Å²) >= 11 is 0. The molecule has 180 valence electrons. The van der Waals surface area contributed by atoms with Crippen LogP contribution in [0.1, 0.15) is 76.5 Å². The molecule has 3 aromatic heterocycles. The van der Waals surface area contributed by atoms with E-state index < -0.39 is 0 Å². The largest absolute Gasteiger partial charge is 0.346 e. The monoisotopic (exact) mass is 461 g/mol. The molecule has 0 spiro atoms. The number of hydrogen-bond acceptors (Lipinski definition) is 5. The molecule has 0 unspecified atom stereocenters. The number of nitrogens with one attached hydrogen (secondary N) is 2. The maximum absolute atomic E-state index is 9.74. The number of aliphatic imine (C=N–C) groups is 1. The van der Waals surface area contributed by atoms with Crippen molar-refractivity contribution in [1.29, 1.82) is 5.26 Å². The molecular weight excluding hydrogens is 426 g/mol. The first kappa shape index (κ1) is 22.9. The molecule has 0 radical (unpaired) electrons. The number of fused-ring (bicyclic) bond motifs is 3. The number of rotatable bonds is 7. The van der Waals surface area contributed by atoms with E-state index in [0.717, 1.165) is 66.5 Å². The second-order valence-electron chi connectivity index (χ2n) is 10.2. The smallest absolute Gasteiger partial charge is 0.139 e. The van der Waals surface area contributed by atoms with Gasteiger partial charge in [0.2, 0.25) is 0 Å². The summed E-state index contributed by atoms with van der Waals surface area (Å²) < 4.78 is 2.33. The number of H-pyrrole nitrogens is 1. The quantitative estimate of drug-likeness (QED) is 0.245. The van der Waals surface area contributed by atoms with Crippen molar-refractivity contribution >= 4 is 27.9 Å². The van der Waals surface area contributed by atoms with E-state index in [1.165, 1.54) is 32.1 Å². The number of pyridine rings is 1. The van der Waals surface area contributed by atoms with Gasteiger partial charge in [-0.05, 0) is 49.5 Å². The Bertz CT molecular complexity index is 1170. The summed E-state index contributed by atoms with van der Waals surface area (Å²) in [5, 5.41) is 19.9. The van der Waals surface area contributed by atoms with Crippen LogP contribution in [0.4, 0.5) is 0 Å². The summed E-state index contributed by atoms with van der Waals surface area (Å²) in [6.07, 6.45) is 16.1. The highest BCUT2D eigenvalue weighted by atomic mass is 16.5. The van der Waals surface area contributed by atoms with Crippen molar-refractivity contribution < 1.29 is 5.21 Å². The first-order chi connectivity index (χ1) is 16.7. The maximum Gasteiger partial charge on any atom is 0.139 e. The van der Waals surface area contributed by atoms with Crippen LogP contribution >= 0.6 is 0 Å². The molecule has 0 saturated heterocycles. The van der Waals surface area contributed by atoms with Gasteiger partial charge < -0.3 is 9.55 Å². The van der Waals surface area contributed by atoms with Gasteiger partial charge in [0.15, 0.2) is 0 Å². The number of nitriles is 1. The lowest BCUT2D eigenvalue weighted by atomic mass is 9.80. The minimum absolute atomic E-state index is 0.431. The molecule has 2 aliphatic rings. The van der Waals surface area contributed by atoms with Gasteiger partial charge >= 0.3 is 0 Å². The molecule has 2 aliphatic carbocycles. The SMILES string of the molecule is N#CCC1CCC(Cn2c(CN=C(CC3CCCCC3)NO)nc3cnc4[nH]ccc4c32)CC1. The number of aromatic nitrogens is 4. The van der Waals surface area contributed by atoms with E-state index in [0.29, 0.717) is 36.6 Å². The van der Waals surface area contributed by atoms with E-state index in [4.69, 9.17) is 15.2 Å². The van der Waals surface area contributed by atoms with Gasteiger partial charge in [0.1, 0.15) is 22.8 Å². The number of imidazole rings is 1. The molecule has 2 fully saturated rings. The average Bonchev–Trinajstić information content (AvgIpc) is 3.48. The summed E-state index contributed by atoms with van der Waals surface area (Å²) in [4.78, 5) is 17.5. The highest BCUT2D eigenvalue weighted by Gasteiger charge is 2.24. The van der Waals surface area contributed by atoms with E-state index in [2.05, 4.69) is 32.2 Å². The van der Waals surface area contributed by atoms with Crippen LogP contribution in [-0.2, 0) is 13.1 Å². The molecule has 8 nitrogen and oxygen atoms in total. The molecule has 3 heterocycles. The molecule has 34 heavy (non-hydrogen) atoms. The highest BCUT2D eigenvalue weighted by Crippen LogP contribution is 2.34. The maximum atomic E-state index is 9.74. The Morgan fingerprint density at radius 1 is 1.15 bits per heavy atom. The molecule has 0 amide bonds. The zero-order valence-corrected chi connectivity index (χ0v) is 19.8. The van der Waals surface area contributed by atoms with Crippen LogP contribution in [0.25, 0.3) is 22.1 Å². The fourth-order valence-corrected chi connectivity index (χ4v) is 5.98. The van der Waals surface area contributed by atoms with Crippen LogP contribution in [0, 0.1) is 29.1 Å². The molecule has 3 N–H and O–H groups in total. The van der Waals surface area contributed by atoms with E-state index in [1.807, 2.05) is 12.4 Å². The first-order valence-electron chi connectivity index (χ1n) is 12.9. The van der Waals surface area contributed by atoms with Crippen LogP contribution in [0.3, 0.4) is 0 Å². The van der Waals surface area contributed by atoms with Crippen LogP contribution < -0.4 is 5.48 Å². The lowest BCUT2D eigenvalue weighted by Crippen LogP contribution is -2.24. The van der Waals surface area contributed by atoms with Crippen molar-refractivity contribution in [2.24, 2.45) is 22.7 Å². The van der Waals surface area contributed by atoms with Gasteiger partial charge in [-0.3, -0.25) is 15.7 Å². The third-order valence-electron chi connectivity index (χ3n) is 7.90. The van der Waals surface area contributed by atoms with Crippen LogP contribution in [0.2, 0.25) is 0 Å². The molecule has 0 aliphatic heterocycles. The number of hydroxylamine groups is 1. The lowest BCUT2D eigenvalue weighted by Gasteiger charge is -2.28. The van der Waals surface area contributed by atoms with Crippen molar-refractivity contribution in [3.8, 4) is 6.07 Å². The minimum Gasteiger partial charge on any atom is -0.346 e. The Labute approximate surface area is 200 Å². The number of hydrogen-bond donors (Lipinski definition) is 3. The average molecular weight is 462 g/mol. The van der Waals surface area contributed by atoms with Gasteiger partial charge in [0.25, 0.3) is 0 Å². The summed E-state index contributed by atoms with van der Waals surface area (Å²) in [7, 11) is 0. The predicted octanol–water partition coefficient (Wildman–Crippen LogP) is 5.48. The Morgan fingerprint density at radius 2 is 1.94 bits per heavy atom. The summed E-state index contributed by atoms with van der Waals surface area (Å²) in [5.41, 5.74) is 5.24. The van der Waals surface area contributed by atoms with Crippen LogP contribution in [0.15, 0.2) is 23.5 Å². The molecule has 5 rings (SSSR count). The van der Waals surface area contributed by atoms with Crippen molar-refractivity contribution in [1.82, 2.24) is 25.0 Å². The van der Waals surface area contributed by atoms with Crippen LogP contribution in [-0.4, -0.2) is 30.6 Å². The molecule has 0 aromatic carbocycles. The van der Waals surface area contributed by atoms with E-state index in [-0.39, 0.29) is 0 Å². The first-order valence-corrected chi connectivity index (χ1v) is 12.9. The van der Waals surface area contributed by atoms with E-state index in [9.17, 15) is 5.21 Å². The van der Waals surface area contributed by atoms with Crippen LogP contribution in [0.5, 0.6) is 0 Å². The topological polar surface area (TPSA) is 115 Å². The predicted molar refractivity (Wildman–Crippen MR) is 132 cm³/mol. The third-order valence-corrected chi connectivity index (χ3v) is 7.90. The van der Waals surface area contributed by atoms with E-state index in [1.54, 1.807) is 0 Å². The van der Waals surface area contributed by atoms with Gasteiger partial charge in [-0.1, -0.05) is 32.1 Å². The fourth-order valence-electron chi connectivity index (χ4n) is 5.98. The van der Waals surface area contributed by atoms with Crippen molar-refractivity contribution in [3.63, 3.8) is 0 Å². The Kier molecular flexibility index (Phi) is 7.10. The zero-order valence-electron chi connectivity index (χ0n) is 19.8. The standard InChI is InChI=1S/C26H35N7O/c27-12-10-18-6-8-20(9-7-18)17-33-24(16-29-23(32-34)14-19-4-2-1-3-5-19)31-22-15-30-26-21(25(22)33)11-13-28-26/h11,13,15,18-20,34H,1-10,14,16-17H2,(H,28,30)(H,29,32). The molecule has 0 bridgehead atoms. The fraction of sp³-hybridized carbons (Fsp3) is 0.615. The van der Waals surface area contributed by atoms with Gasteiger partial charge in [0, 0.05) is 31.0 Å². The van der Waals surface area contributed by atoms with Gasteiger partial charge in [-0.2, -0.15) is 5.26 Å². The summed E-state index contributed by atoms with van der Waals surface area (Å²) in [6, 6.07) is 4.42. The summed E-state index contributed by atoms with van der Waals surface area (Å²) in [5.74, 6) is 3.28. The zero-order chi connectivity index (χ0) is 23.3. The Balaban J connectivity index is 1.41. The molecule has 2 saturated carbocycles. The second-order valence-corrected chi connectivity index (χ2v) is 10.2. The number of nitrogens with zero attached hydrogens (tertiary/aromatic N) is 5. The minimum atomic E-state index is 0.431. The number of aromatic amines is 1. The Morgan fingerprint density at radius 3 is 2.71 bits per heavy atom. The Hall–Kier alpha value is -2.92. The van der Waals surface area contributed by atoms with Gasteiger partial charge in [-0.25, -0.2) is 9.97 Å². The number of amidine groups is 1. The normalized spacial score (nSPS) is 22.3. The van der Waals surface area contributed by atoms with Crippen molar-refractivity contribution in [3.05, 3.63) is 24.3 Å². The molecule has 8 heteroatoms. The van der Waals surface area contributed by atoms with E-state index >= 15 is 0 Å². The molecule has 0 atom stereocenters. The van der Waals surface area contributed by atoms with Gasteiger partial charge in [-0.15, -0.1) is 0 Å². The second kappa shape index (κ2) is 10.6. The van der Waals surface area contributed by atoms with Gasteiger partial charge in [0.05, 0.1) is 24.3 Å². The molecular formula is C26H35N7O. The van der Waals surface area contributed by atoms with Crippen molar-refractivity contribution in [2.45, 2.75) is 83.7 Å². The highest BCUT2D eigenvalue weighted by molar-refractivity contribution is 6.01. The summed E-state index contributed by atoms with van der Waals surface area (Å²) in [6.45, 7) is 1.33. The van der Waals surface area contributed by atoms with Crippen molar-refractivity contribution in [2.75, 3.05) is 0 Å². The lowest BCUT2D eigenvalue weighted by molar-refractivity contribution is 0.226. The third kappa shape index (κ3) is 4.95.